The van der Waals surface area contributed by atoms with Crippen molar-refractivity contribution in [2.24, 2.45) is 11.7 Å². The SMILES string of the molecule is CCCCC(C)CCNC(=O)NCCN. The third kappa shape index (κ3) is 9.53. The molecule has 0 aromatic carbocycles. The fourth-order valence-corrected chi connectivity index (χ4v) is 1.38. The van der Waals surface area contributed by atoms with Crippen LogP contribution in [0.1, 0.15) is 39.5 Å². The topological polar surface area (TPSA) is 67.2 Å². The van der Waals surface area contributed by atoms with Crippen molar-refractivity contribution in [2.75, 3.05) is 19.6 Å². The molecule has 1 atom stereocenters. The lowest BCUT2D eigenvalue weighted by Crippen LogP contribution is -2.38. The van der Waals surface area contributed by atoms with Crippen LogP contribution >= 0.6 is 0 Å². The molecule has 0 rings (SSSR count). The average Bonchev–Trinajstić information content (AvgIpc) is 2.23. The van der Waals surface area contributed by atoms with E-state index in [-0.39, 0.29) is 6.03 Å². The van der Waals surface area contributed by atoms with Crippen LogP contribution in [0.15, 0.2) is 0 Å². The van der Waals surface area contributed by atoms with Crippen molar-refractivity contribution >= 4 is 6.03 Å². The lowest BCUT2D eigenvalue weighted by atomic mass is 10.0. The first-order valence-electron chi connectivity index (χ1n) is 5.92. The molecule has 2 amide bonds. The number of hydrogen-bond donors (Lipinski definition) is 3. The molecule has 0 aromatic heterocycles. The van der Waals surface area contributed by atoms with Crippen LogP contribution in [0.4, 0.5) is 4.79 Å². The zero-order valence-corrected chi connectivity index (χ0v) is 10.0. The van der Waals surface area contributed by atoms with Crippen LogP contribution in [0.2, 0.25) is 0 Å². The van der Waals surface area contributed by atoms with Crippen molar-refractivity contribution in [2.45, 2.75) is 39.5 Å². The number of carbonyl (C=O) groups excluding carboxylic acids is 1. The Labute approximate surface area is 93.0 Å². The molecule has 0 aliphatic rings. The Morgan fingerprint density at radius 3 is 2.53 bits per heavy atom. The standard InChI is InChI=1S/C11H25N3O/c1-3-4-5-10(2)6-8-13-11(15)14-9-7-12/h10H,3-9,12H2,1-2H3,(H2,13,14,15). The summed E-state index contributed by atoms with van der Waals surface area (Å²) >= 11 is 0. The molecule has 0 aromatic rings. The second-order valence-corrected chi connectivity index (χ2v) is 4.01. The summed E-state index contributed by atoms with van der Waals surface area (Å²) in [5, 5.41) is 5.49. The molecule has 0 aliphatic heterocycles. The highest BCUT2D eigenvalue weighted by atomic mass is 16.2. The van der Waals surface area contributed by atoms with Gasteiger partial charge in [0.05, 0.1) is 0 Å². The first kappa shape index (κ1) is 14.2. The van der Waals surface area contributed by atoms with E-state index in [9.17, 15) is 4.79 Å². The van der Waals surface area contributed by atoms with Gasteiger partial charge in [0.15, 0.2) is 0 Å². The van der Waals surface area contributed by atoms with E-state index in [0.29, 0.717) is 19.0 Å². The monoisotopic (exact) mass is 215 g/mol. The molecule has 4 nitrogen and oxygen atoms in total. The van der Waals surface area contributed by atoms with Crippen LogP contribution in [0.25, 0.3) is 0 Å². The van der Waals surface area contributed by atoms with E-state index in [1.807, 2.05) is 0 Å². The molecular weight excluding hydrogens is 190 g/mol. The van der Waals surface area contributed by atoms with Crippen LogP contribution in [-0.4, -0.2) is 25.7 Å². The maximum atomic E-state index is 11.1. The van der Waals surface area contributed by atoms with Crippen LogP contribution in [0.3, 0.4) is 0 Å². The van der Waals surface area contributed by atoms with Crippen molar-refractivity contribution in [1.29, 1.82) is 0 Å². The summed E-state index contributed by atoms with van der Waals surface area (Å²) < 4.78 is 0. The Hall–Kier alpha value is -0.770. The highest BCUT2D eigenvalue weighted by molar-refractivity contribution is 5.73. The third-order valence-corrected chi connectivity index (χ3v) is 2.40. The second kappa shape index (κ2) is 9.77. The molecule has 0 saturated carbocycles. The van der Waals surface area contributed by atoms with E-state index in [2.05, 4.69) is 24.5 Å². The van der Waals surface area contributed by atoms with E-state index >= 15 is 0 Å². The van der Waals surface area contributed by atoms with E-state index in [0.717, 1.165) is 13.0 Å². The summed E-state index contributed by atoms with van der Waals surface area (Å²) in [6.45, 7) is 6.21. The van der Waals surface area contributed by atoms with Crippen LogP contribution in [0.5, 0.6) is 0 Å². The van der Waals surface area contributed by atoms with Gasteiger partial charge in [-0.15, -0.1) is 0 Å². The Kier molecular flexibility index (Phi) is 9.27. The normalized spacial score (nSPS) is 12.2. The van der Waals surface area contributed by atoms with Gasteiger partial charge in [0.25, 0.3) is 0 Å². The number of rotatable bonds is 8. The molecule has 0 heterocycles. The largest absolute Gasteiger partial charge is 0.338 e. The maximum absolute atomic E-state index is 11.1. The number of unbranched alkanes of at least 4 members (excludes halogenated alkanes) is 1. The highest BCUT2D eigenvalue weighted by Crippen LogP contribution is 2.10. The number of nitrogens with one attached hydrogen (secondary N) is 2. The minimum absolute atomic E-state index is 0.108. The van der Waals surface area contributed by atoms with E-state index in [1.54, 1.807) is 0 Å². The van der Waals surface area contributed by atoms with Crippen LogP contribution < -0.4 is 16.4 Å². The lowest BCUT2D eigenvalue weighted by Gasteiger charge is -2.11. The Morgan fingerprint density at radius 2 is 1.93 bits per heavy atom. The molecule has 0 bridgehead atoms. The van der Waals surface area contributed by atoms with Gasteiger partial charge in [-0.1, -0.05) is 33.1 Å². The quantitative estimate of drug-likeness (QED) is 0.574. The summed E-state index contributed by atoms with van der Waals surface area (Å²) in [5.74, 6) is 0.694. The highest BCUT2D eigenvalue weighted by Gasteiger charge is 2.02. The van der Waals surface area contributed by atoms with Crippen molar-refractivity contribution < 1.29 is 4.79 Å². The average molecular weight is 215 g/mol. The number of carbonyl (C=O) groups is 1. The number of urea groups is 1. The van der Waals surface area contributed by atoms with Gasteiger partial charge >= 0.3 is 6.03 Å². The van der Waals surface area contributed by atoms with Gasteiger partial charge in [0, 0.05) is 19.6 Å². The molecule has 1 unspecified atom stereocenters. The van der Waals surface area contributed by atoms with Gasteiger partial charge in [-0.25, -0.2) is 4.79 Å². The number of amides is 2. The first-order valence-corrected chi connectivity index (χ1v) is 5.92. The lowest BCUT2D eigenvalue weighted by molar-refractivity contribution is 0.240. The minimum atomic E-state index is -0.108. The molecule has 0 saturated heterocycles. The molecule has 0 aliphatic carbocycles. The molecule has 90 valence electrons. The van der Waals surface area contributed by atoms with Crippen molar-refractivity contribution in [3.8, 4) is 0 Å². The number of nitrogens with two attached hydrogens (primary N) is 1. The van der Waals surface area contributed by atoms with Gasteiger partial charge < -0.3 is 16.4 Å². The Bertz CT molecular complexity index is 162. The predicted molar refractivity (Wildman–Crippen MR) is 63.8 cm³/mol. The fraction of sp³-hybridized carbons (Fsp3) is 0.909. The smallest absolute Gasteiger partial charge is 0.314 e. The van der Waals surface area contributed by atoms with E-state index in [1.165, 1.54) is 19.3 Å². The van der Waals surface area contributed by atoms with Gasteiger partial charge in [0.1, 0.15) is 0 Å². The zero-order valence-electron chi connectivity index (χ0n) is 10.0. The molecule has 4 heteroatoms. The Balaban J connectivity index is 3.31. The van der Waals surface area contributed by atoms with Crippen molar-refractivity contribution in [3.63, 3.8) is 0 Å². The van der Waals surface area contributed by atoms with E-state index in [4.69, 9.17) is 5.73 Å². The molecular formula is C11H25N3O. The second-order valence-electron chi connectivity index (χ2n) is 4.01. The van der Waals surface area contributed by atoms with E-state index < -0.39 is 0 Å². The predicted octanol–water partition coefficient (Wildman–Crippen LogP) is 1.46. The minimum Gasteiger partial charge on any atom is -0.338 e. The third-order valence-electron chi connectivity index (χ3n) is 2.40. The Morgan fingerprint density at radius 1 is 1.27 bits per heavy atom. The molecule has 4 N–H and O–H groups in total. The van der Waals surface area contributed by atoms with Crippen molar-refractivity contribution in [3.05, 3.63) is 0 Å². The maximum Gasteiger partial charge on any atom is 0.314 e. The molecule has 0 fully saturated rings. The fourth-order valence-electron chi connectivity index (χ4n) is 1.38. The van der Waals surface area contributed by atoms with Crippen LogP contribution in [0, 0.1) is 5.92 Å². The summed E-state index contributed by atoms with van der Waals surface area (Å²) in [5.41, 5.74) is 5.27. The summed E-state index contributed by atoms with van der Waals surface area (Å²) in [6, 6.07) is -0.108. The summed E-state index contributed by atoms with van der Waals surface area (Å²) in [6.07, 6.45) is 4.83. The van der Waals surface area contributed by atoms with Gasteiger partial charge in [-0.05, 0) is 12.3 Å². The summed E-state index contributed by atoms with van der Waals surface area (Å²) in [4.78, 5) is 11.1. The van der Waals surface area contributed by atoms with Crippen molar-refractivity contribution in [1.82, 2.24) is 10.6 Å². The first-order chi connectivity index (χ1) is 7.20. The molecule has 15 heavy (non-hydrogen) atoms. The van der Waals surface area contributed by atoms with Gasteiger partial charge in [0.2, 0.25) is 0 Å². The van der Waals surface area contributed by atoms with Gasteiger partial charge in [-0.3, -0.25) is 0 Å². The summed E-state index contributed by atoms with van der Waals surface area (Å²) in [7, 11) is 0. The zero-order chi connectivity index (χ0) is 11.5. The number of hydrogen-bond acceptors (Lipinski definition) is 2. The molecule has 0 radical (unpaired) electrons. The molecule has 0 spiro atoms. The van der Waals surface area contributed by atoms with Crippen LogP contribution in [-0.2, 0) is 0 Å². The van der Waals surface area contributed by atoms with Gasteiger partial charge in [-0.2, -0.15) is 0 Å².